The van der Waals surface area contributed by atoms with Gasteiger partial charge in [0, 0.05) is 0 Å². The van der Waals surface area contributed by atoms with Gasteiger partial charge in [0.05, 0.1) is 10.2 Å². The van der Waals surface area contributed by atoms with Gasteiger partial charge in [-0.1, -0.05) is 6.42 Å². The van der Waals surface area contributed by atoms with Gasteiger partial charge in [-0.25, -0.2) is 13.8 Å². The van der Waals surface area contributed by atoms with Crippen LogP contribution in [0.3, 0.4) is 0 Å². The van der Waals surface area contributed by atoms with Gasteiger partial charge in [-0.3, -0.25) is 4.90 Å². The zero-order chi connectivity index (χ0) is 15.9. The maximum Gasteiger partial charge on any atom is 0.220 e. The molecule has 3 rings (SSSR count). The summed E-state index contributed by atoms with van der Waals surface area (Å²) in [6, 6.07) is 2.45. The fourth-order valence-electron chi connectivity index (χ4n) is 3.17. The van der Waals surface area contributed by atoms with E-state index >= 15 is 0 Å². The second-order valence-electron chi connectivity index (χ2n) is 5.54. The van der Waals surface area contributed by atoms with Crippen LogP contribution < -0.4 is 16.4 Å². The fourth-order valence-corrected chi connectivity index (χ4v) is 3.39. The average molecular weight is 372 g/mol. The molecule has 1 saturated carbocycles. The van der Waals surface area contributed by atoms with Crippen molar-refractivity contribution in [2.75, 3.05) is 4.90 Å². The molecule has 22 heavy (non-hydrogen) atoms. The smallest absolute Gasteiger partial charge is 0.220 e. The van der Waals surface area contributed by atoms with Crippen LogP contribution in [0, 0.1) is 11.6 Å². The van der Waals surface area contributed by atoms with Crippen molar-refractivity contribution < 1.29 is 8.78 Å². The van der Waals surface area contributed by atoms with E-state index in [1.807, 2.05) is 0 Å². The molecule has 8 heteroatoms. The van der Waals surface area contributed by atoms with Gasteiger partial charge >= 0.3 is 0 Å². The topological polar surface area (TPSA) is 80.0 Å². The predicted octanol–water partition coefficient (Wildman–Crippen LogP) is 2.84. The predicted molar refractivity (Wildman–Crippen MR) is 85.6 cm³/mol. The number of rotatable bonds is 1. The maximum atomic E-state index is 13.9. The Hall–Kier alpha value is -1.70. The molecule has 0 amide bonds. The molecule has 1 aromatic carbocycles. The van der Waals surface area contributed by atoms with Gasteiger partial charge in [-0.05, 0) is 53.7 Å². The van der Waals surface area contributed by atoms with Crippen LogP contribution in [0.5, 0.6) is 0 Å². The summed E-state index contributed by atoms with van der Waals surface area (Å²) in [5.74, 6) is -1.18. The molecule has 1 aromatic rings. The lowest BCUT2D eigenvalue weighted by Gasteiger charge is -2.45. The summed E-state index contributed by atoms with van der Waals surface area (Å²) in [6.45, 7) is 0. The molecule has 0 saturated heterocycles. The highest BCUT2D eigenvalue weighted by molar-refractivity contribution is 9.10. The molecule has 1 heterocycles. The quantitative estimate of drug-likeness (QED) is 0.744. The first-order valence-corrected chi connectivity index (χ1v) is 7.86. The zero-order valence-corrected chi connectivity index (χ0v) is 13.4. The van der Waals surface area contributed by atoms with Gasteiger partial charge in [-0.2, -0.15) is 4.99 Å². The minimum Gasteiger partial charge on any atom is -0.369 e. The van der Waals surface area contributed by atoms with Crippen LogP contribution in [0.25, 0.3) is 0 Å². The minimum absolute atomic E-state index is 0.105. The molecule has 118 valence electrons. The average Bonchev–Trinajstić information content (AvgIpc) is 2.44. The van der Waals surface area contributed by atoms with Crippen LogP contribution in [0.15, 0.2) is 26.6 Å². The van der Waals surface area contributed by atoms with E-state index in [1.54, 1.807) is 4.90 Å². The van der Waals surface area contributed by atoms with E-state index in [-0.39, 0.29) is 22.1 Å². The van der Waals surface area contributed by atoms with E-state index in [0.29, 0.717) is 12.8 Å². The molecule has 0 atom stereocenters. The van der Waals surface area contributed by atoms with Crippen LogP contribution in [-0.4, -0.2) is 17.6 Å². The first-order valence-electron chi connectivity index (χ1n) is 7.07. The number of nitrogens with zero attached hydrogens (tertiary/aromatic N) is 3. The van der Waals surface area contributed by atoms with Gasteiger partial charge in [-0.15, -0.1) is 0 Å². The summed E-state index contributed by atoms with van der Waals surface area (Å²) in [7, 11) is 0. The van der Waals surface area contributed by atoms with E-state index < -0.39 is 17.3 Å². The Morgan fingerprint density at radius 3 is 2.27 bits per heavy atom. The van der Waals surface area contributed by atoms with Gasteiger partial charge < -0.3 is 11.5 Å². The van der Waals surface area contributed by atoms with E-state index in [2.05, 4.69) is 25.9 Å². The highest BCUT2D eigenvalue weighted by Crippen LogP contribution is 2.40. The van der Waals surface area contributed by atoms with Gasteiger partial charge in [0.1, 0.15) is 17.3 Å². The lowest BCUT2D eigenvalue weighted by molar-refractivity contribution is 0.305. The molecule has 1 aliphatic carbocycles. The number of halogens is 3. The molecule has 0 unspecified atom stereocenters. The van der Waals surface area contributed by atoms with Crippen LogP contribution in [0.1, 0.15) is 32.1 Å². The number of aliphatic imine (C=N–C) groups is 2. The highest BCUT2D eigenvalue weighted by Gasteiger charge is 2.42. The van der Waals surface area contributed by atoms with Crippen molar-refractivity contribution in [1.29, 1.82) is 0 Å². The second kappa shape index (κ2) is 5.49. The first kappa shape index (κ1) is 15.2. The van der Waals surface area contributed by atoms with E-state index in [9.17, 15) is 8.78 Å². The maximum absolute atomic E-state index is 13.9. The summed E-state index contributed by atoms with van der Waals surface area (Å²) in [5, 5.41) is 0. The Balaban J connectivity index is 2.12. The number of hydrogen-bond donors (Lipinski definition) is 2. The lowest BCUT2D eigenvalue weighted by atomic mass is 9.87. The summed E-state index contributed by atoms with van der Waals surface area (Å²) < 4.78 is 27.6. The molecule has 1 aliphatic heterocycles. The summed E-state index contributed by atoms with van der Waals surface area (Å²) >= 11 is 2.87. The lowest BCUT2D eigenvalue weighted by Crippen LogP contribution is -2.58. The van der Waals surface area contributed by atoms with Crippen LogP contribution in [0.2, 0.25) is 0 Å². The van der Waals surface area contributed by atoms with Crippen molar-refractivity contribution in [3.8, 4) is 0 Å². The SMILES string of the molecule is NC1=NC2(CCCCC2)N(c2cc(F)c(Br)c(F)c2)C(N)=N1. The molecule has 0 radical (unpaired) electrons. The van der Waals surface area contributed by atoms with Crippen LogP contribution in [-0.2, 0) is 0 Å². The first-order chi connectivity index (χ1) is 10.4. The molecule has 0 bridgehead atoms. The molecule has 1 fully saturated rings. The van der Waals surface area contributed by atoms with Gasteiger partial charge in [0.2, 0.25) is 11.9 Å². The Morgan fingerprint density at radius 2 is 1.68 bits per heavy atom. The van der Waals surface area contributed by atoms with E-state index in [0.717, 1.165) is 19.3 Å². The Bertz CT molecular complexity index is 644. The molecule has 5 nitrogen and oxygen atoms in total. The van der Waals surface area contributed by atoms with Crippen LogP contribution >= 0.6 is 15.9 Å². The largest absolute Gasteiger partial charge is 0.369 e. The molecular formula is C14H16BrF2N5. The third-order valence-electron chi connectivity index (χ3n) is 4.08. The third-order valence-corrected chi connectivity index (χ3v) is 4.84. The number of anilines is 1. The van der Waals surface area contributed by atoms with Crippen molar-refractivity contribution in [1.82, 2.24) is 0 Å². The standard InChI is InChI=1S/C14H16BrF2N5/c15-11-9(16)6-8(7-10(11)17)22-13(19)20-12(18)21-14(22)4-2-1-3-5-14/h6-7H,1-5H2,(H4,18,19,20,21). The Kier molecular flexibility index (Phi) is 3.80. The number of hydrogen-bond acceptors (Lipinski definition) is 5. The minimum atomic E-state index is -0.707. The Labute approximate surface area is 135 Å². The Morgan fingerprint density at radius 1 is 1.09 bits per heavy atom. The van der Waals surface area contributed by atoms with Crippen molar-refractivity contribution in [3.05, 3.63) is 28.2 Å². The van der Waals surface area contributed by atoms with Crippen molar-refractivity contribution in [2.24, 2.45) is 21.5 Å². The number of nitrogens with two attached hydrogens (primary N) is 2. The normalized spacial score (nSPS) is 20.8. The highest BCUT2D eigenvalue weighted by atomic mass is 79.9. The fraction of sp³-hybridized carbons (Fsp3) is 0.429. The molecular weight excluding hydrogens is 356 g/mol. The molecule has 4 N–H and O–H groups in total. The monoisotopic (exact) mass is 371 g/mol. The summed E-state index contributed by atoms with van der Waals surface area (Å²) in [4.78, 5) is 10.0. The van der Waals surface area contributed by atoms with Crippen LogP contribution in [0.4, 0.5) is 14.5 Å². The zero-order valence-electron chi connectivity index (χ0n) is 11.8. The molecule has 2 aliphatic rings. The summed E-state index contributed by atoms with van der Waals surface area (Å²) in [5.41, 5.74) is 11.3. The van der Waals surface area contributed by atoms with Crippen molar-refractivity contribution >= 4 is 33.5 Å². The number of benzene rings is 1. The van der Waals surface area contributed by atoms with E-state index in [4.69, 9.17) is 11.5 Å². The molecule has 1 spiro atoms. The number of guanidine groups is 2. The molecule has 0 aromatic heterocycles. The van der Waals surface area contributed by atoms with Gasteiger partial charge in [0.15, 0.2) is 0 Å². The van der Waals surface area contributed by atoms with Crippen molar-refractivity contribution in [2.45, 2.75) is 37.8 Å². The van der Waals surface area contributed by atoms with Crippen molar-refractivity contribution in [3.63, 3.8) is 0 Å². The van der Waals surface area contributed by atoms with E-state index in [1.165, 1.54) is 12.1 Å². The van der Waals surface area contributed by atoms with Gasteiger partial charge in [0.25, 0.3) is 0 Å². The second-order valence-corrected chi connectivity index (χ2v) is 6.33. The third kappa shape index (κ3) is 2.45. The summed E-state index contributed by atoms with van der Waals surface area (Å²) in [6.07, 6.45) is 4.40.